The number of para-hydroxylation sites is 1. The number of carbonyl (C=O) groups is 1. The Morgan fingerprint density at radius 1 is 1.18 bits per heavy atom. The molecule has 1 aromatic heterocycles. The number of rotatable bonds is 9. The molecule has 1 N–H and O–H groups in total. The van der Waals surface area contributed by atoms with Gasteiger partial charge in [0.1, 0.15) is 12.4 Å². The van der Waals surface area contributed by atoms with Crippen molar-refractivity contribution in [2.24, 2.45) is 0 Å². The minimum Gasteiger partial charge on any atom is -0.492 e. The van der Waals surface area contributed by atoms with E-state index in [9.17, 15) is 4.79 Å². The first kappa shape index (κ1) is 23.0. The molecular formula is C27H31N3O3. The molecule has 0 saturated carbocycles. The zero-order valence-corrected chi connectivity index (χ0v) is 19.1. The number of ether oxygens (including phenoxy) is 2. The molecule has 33 heavy (non-hydrogen) atoms. The van der Waals surface area contributed by atoms with Crippen molar-refractivity contribution < 1.29 is 14.3 Å². The van der Waals surface area contributed by atoms with E-state index in [4.69, 9.17) is 9.47 Å². The first-order valence-corrected chi connectivity index (χ1v) is 11.5. The molecule has 1 fully saturated rings. The first-order chi connectivity index (χ1) is 16.2. The molecule has 2 aromatic carbocycles. The molecule has 6 heteroatoms. The molecule has 6 nitrogen and oxygen atoms in total. The van der Waals surface area contributed by atoms with E-state index in [0.717, 1.165) is 60.4 Å². The van der Waals surface area contributed by atoms with Crippen LogP contribution in [0.15, 0.2) is 66.9 Å². The summed E-state index contributed by atoms with van der Waals surface area (Å²) >= 11 is 0. The molecule has 172 valence electrons. The highest BCUT2D eigenvalue weighted by atomic mass is 16.5. The summed E-state index contributed by atoms with van der Waals surface area (Å²) in [5.41, 5.74) is 2.81. The summed E-state index contributed by atoms with van der Waals surface area (Å²) in [6.07, 6.45) is 7.28. The van der Waals surface area contributed by atoms with Crippen LogP contribution in [-0.4, -0.2) is 55.2 Å². The minimum absolute atomic E-state index is 0.146. The third kappa shape index (κ3) is 6.63. The number of hydrogen-bond donors (Lipinski definition) is 1. The van der Waals surface area contributed by atoms with Gasteiger partial charge < -0.3 is 14.8 Å². The number of carbonyl (C=O) groups excluding carboxylic acids is 1. The number of nitrogens with one attached hydrogen (secondary N) is 1. The fraction of sp³-hybridized carbons (Fsp3) is 0.333. The fourth-order valence-electron chi connectivity index (χ4n) is 4.04. The van der Waals surface area contributed by atoms with Gasteiger partial charge in [-0.05, 0) is 49.7 Å². The van der Waals surface area contributed by atoms with Gasteiger partial charge in [0, 0.05) is 55.6 Å². The lowest BCUT2D eigenvalue weighted by molar-refractivity contribution is -0.116. The molecule has 0 unspecified atom stereocenters. The Balaban J connectivity index is 1.25. The van der Waals surface area contributed by atoms with E-state index in [0.29, 0.717) is 19.2 Å². The molecule has 1 aliphatic heterocycles. The lowest BCUT2D eigenvalue weighted by Crippen LogP contribution is -2.38. The monoisotopic (exact) mass is 445 g/mol. The highest BCUT2D eigenvalue weighted by Gasteiger charge is 2.17. The Morgan fingerprint density at radius 3 is 2.88 bits per heavy atom. The van der Waals surface area contributed by atoms with Gasteiger partial charge >= 0.3 is 0 Å². The van der Waals surface area contributed by atoms with Gasteiger partial charge in [0.2, 0.25) is 5.91 Å². The molecule has 0 aliphatic carbocycles. The van der Waals surface area contributed by atoms with E-state index in [-0.39, 0.29) is 5.91 Å². The SMILES string of the molecule is CN(CCOc1cccc(CNC(=O)/C=C/c2cccc3cccnc23)c1)C1CCOCC1. The van der Waals surface area contributed by atoms with Crippen molar-refractivity contribution in [3.8, 4) is 5.75 Å². The highest BCUT2D eigenvalue weighted by molar-refractivity contribution is 5.95. The summed E-state index contributed by atoms with van der Waals surface area (Å²) < 4.78 is 11.4. The van der Waals surface area contributed by atoms with Gasteiger partial charge in [-0.15, -0.1) is 0 Å². The number of benzene rings is 2. The van der Waals surface area contributed by atoms with Crippen LogP contribution in [-0.2, 0) is 16.1 Å². The van der Waals surface area contributed by atoms with E-state index in [1.54, 1.807) is 18.3 Å². The lowest BCUT2D eigenvalue weighted by Gasteiger charge is -2.31. The van der Waals surface area contributed by atoms with Crippen LogP contribution in [0.4, 0.5) is 0 Å². The molecule has 0 radical (unpaired) electrons. The molecule has 0 spiro atoms. The maximum atomic E-state index is 12.3. The van der Waals surface area contributed by atoms with Gasteiger partial charge in [0.25, 0.3) is 0 Å². The van der Waals surface area contributed by atoms with Crippen molar-refractivity contribution in [2.45, 2.75) is 25.4 Å². The maximum Gasteiger partial charge on any atom is 0.244 e. The van der Waals surface area contributed by atoms with Crippen LogP contribution in [0.1, 0.15) is 24.0 Å². The molecular weight excluding hydrogens is 414 g/mol. The van der Waals surface area contributed by atoms with Crippen LogP contribution in [0, 0.1) is 0 Å². The summed E-state index contributed by atoms with van der Waals surface area (Å²) in [5, 5.41) is 3.99. The van der Waals surface area contributed by atoms with Crippen LogP contribution in [0.25, 0.3) is 17.0 Å². The van der Waals surface area contributed by atoms with Crippen LogP contribution < -0.4 is 10.1 Å². The second-order valence-corrected chi connectivity index (χ2v) is 8.29. The quantitative estimate of drug-likeness (QED) is 0.504. The normalized spacial score (nSPS) is 14.7. The zero-order valence-electron chi connectivity index (χ0n) is 19.1. The molecule has 2 heterocycles. The number of pyridine rings is 1. The van der Waals surface area contributed by atoms with Gasteiger partial charge in [-0.25, -0.2) is 0 Å². The number of amides is 1. The average Bonchev–Trinajstić information content (AvgIpc) is 2.87. The molecule has 3 aromatic rings. The van der Waals surface area contributed by atoms with Crippen molar-refractivity contribution in [1.82, 2.24) is 15.2 Å². The zero-order chi connectivity index (χ0) is 22.9. The highest BCUT2D eigenvalue weighted by Crippen LogP contribution is 2.17. The average molecular weight is 446 g/mol. The van der Waals surface area contributed by atoms with Gasteiger partial charge in [-0.1, -0.05) is 36.4 Å². The Kier molecular flexibility index (Phi) is 8.06. The number of fused-ring (bicyclic) bond motifs is 1. The second-order valence-electron chi connectivity index (χ2n) is 8.29. The van der Waals surface area contributed by atoms with E-state index < -0.39 is 0 Å². The van der Waals surface area contributed by atoms with Gasteiger partial charge in [-0.2, -0.15) is 0 Å². The Bertz CT molecular complexity index is 1090. The number of likely N-dealkylation sites (N-methyl/N-ethyl adjacent to an activating group) is 1. The molecule has 4 rings (SSSR count). The Labute approximate surface area is 195 Å². The molecule has 1 aliphatic rings. The van der Waals surface area contributed by atoms with Gasteiger partial charge in [-0.3, -0.25) is 14.7 Å². The van der Waals surface area contributed by atoms with Crippen LogP contribution >= 0.6 is 0 Å². The third-order valence-corrected chi connectivity index (χ3v) is 5.97. The van der Waals surface area contributed by atoms with Crippen molar-refractivity contribution in [3.63, 3.8) is 0 Å². The first-order valence-electron chi connectivity index (χ1n) is 11.5. The van der Waals surface area contributed by atoms with Gasteiger partial charge in [0.15, 0.2) is 0 Å². The molecule has 0 bridgehead atoms. The summed E-state index contributed by atoms with van der Waals surface area (Å²) in [5.74, 6) is 0.673. The summed E-state index contributed by atoms with van der Waals surface area (Å²) in [6, 6.07) is 18.3. The maximum absolute atomic E-state index is 12.3. The van der Waals surface area contributed by atoms with E-state index in [1.165, 1.54) is 0 Å². The van der Waals surface area contributed by atoms with E-state index in [1.807, 2.05) is 54.6 Å². The Hall–Kier alpha value is -3.22. The topological polar surface area (TPSA) is 63.7 Å². The summed E-state index contributed by atoms with van der Waals surface area (Å²) in [4.78, 5) is 19.1. The van der Waals surface area contributed by atoms with Crippen molar-refractivity contribution in [3.05, 3.63) is 78.0 Å². The summed E-state index contributed by atoms with van der Waals surface area (Å²) in [6.45, 7) is 3.64. The number of nitrogens with zero attached hydrogens (tertiary/aromatic N) is 2. The lowest BCUT2D eigenvalue weighted by atomic mass is 10.1. The van der Waals surface area contributed by atoms with Crippen LogP contribution in [0.2, 0.25) is 0 Å². The number of aromatic nitrogens is 1. The fourth-order valence-corrected chi connectivity index (χ4v) is 4.04. The summed E-state index contributed by atoms with van der Waals surface area (Å²) in [7, 11) is 2.15. The standard InChI is InChI=1S/C27H31N3O3/c1-30(24-12-16-32-17-13-24)15-18-33-25-9-2-5-21(19-25)20-29-26(31)11-10-23-7-3-6-22-8-4-14-28-27(22)23/h2-11,14,19,24H,12-13,15-18,20H2,1H3,(H,29,31)/b11-10+. The third-order valence-electron chi connectivity index (χ3n) is 5.97. The predicted octanol–water partition coefficient (Wildman–Crippen LogP) is 4.05. The Morgan fingerprint density at radius 2 is 2.00 bits per heavy atom. The predicted molar refractivity (Wildman–Crippen MR) is 131 cm³/mol. The smallest absolute Gasteiger partial charge is 0.244 e. The minimum atomic E-state index is -0.146. The molecule has 1 amide bonds. The second kappa shape index (κ2) is 11.6. The van der Waals surface area contributed by atoms with Crippen molar-refractivity contribution in [1.29, 1.82) is 0 Å². The van der Waals surface area contributed by atoms with E-state index in [2.05, 4.69) is 22.2 Å². The molecule has 1 saturated heterocycles. The van der Waals surface area contributed by atoms with E-state index >= 15 is 0 Å². The van der Waals surface area contributed by atoms with Crippen LogP contribution in [0.3, 0.4) is 0 Å². The van der Waals surface area contributed by atoms with Crippen LogP contribution in [0.5, 0.6) is 5.75 Å². The van der Waals surface area contributed by atoms with Crippen molar-refractivity contribution in [2.75, 3.05) is 33.4 Å². The molecule has 0 atom stereocenters. The number of hydrogen-bond acceptors (Lipinski definition) is 5. The van der Waals surface area contributed by atoms with Crippen molar-refractivity contribution >= 4 is 22.9 Å². The van der Waals surface area contributed by atoms with Gasteiger partial charge in [0.05, 0.1) is 5.52 Å². The largest absolute Gasteiger partial charge is 0.492 e.